The molecule has 0 spiro atoms. The number of hydrogen-bond donors (Lipinski definition) is 3. The lowest BCUT2D eigenvalue weighted by Gasteiger charge is -2.19. The average Bonchev–Trinajstić information content (AvgIpc) is 3.43. The van der Waals surface area contributed by atoms with Gasteiger partial charge in [-0.1, -0.05) is 23.2 Å². The molecule has 0 saturated carbocycles. The molecule has 0 aliphatic carbocycles. The Morgan fingerprint density at radius 3 is 2.29 bits per heavy atom. The normalized spacial score (nSPS) is 12.9. The molecule has 1 fully saturated rings. The lowest BCUT2D eigenvalue weighted by atomic mass is 10.2. The molecule has 1 aliphatic rings. The van der Waals surface area contributed by atoms with Gasteiger partial charge >= 0.3 is 6.09 Å². The second-order valence-electron chi connectivity index (χ2n) is 9.62. The van der Waals surface area contributed by atoms with E-state index in [4.69, 9.17) is 43.1 Å². The molecule has 14 heteroatoms. The Morgan fingerprint density at radius 1 is 1.07 bits per heavy atom. The molecule has 41 heavy (non-hydrogen) atoms. The van der Waals surface area contributed by atoms with Gasteiger partial charge in [-0.05, 0) is 64.3 Å². The third-order valence-corrected chi connectivity index (χ3v) is 5.56. The molecular formula is C27H45Cl2N5O6S. The number of nitrogens with two attached hydrogens (primary N) is 1. The second-order valence-corrected chi connectivity index (χ2v) is 11.3. The van der Waals surface area contributed by atoms with Gasteiger partial charge in [0.15, 0.2) is 0 Å². The number of nitrogens with one attached hydrogen (secondary N) is 2. The van der Waals surface area contributed by atoms with Crippen LogP contribution in [-0.2, 0) is 23.8 Å². The second kappa shape index (κ2) is 23.3. The summed E-state index contributed by atoms with van der Waals surface area (Å²) in [6.45, 7) is 9.31. The molecule has 234 valence electrons. The summed E-state index contributed by atoms with van der Waals surface area (Å²) < 4.78 is 15.7. The van der Waals surface area contributed by atoms with Crippen LogP contribution in [0, 0.1) is 0 Å². The Labute approximate surface area is 258 Å². The number of likely N-dealkylation sites (tertiary alicyclic amines) is 1. The van der Waals surface area contributed by atoms with Crippen LogP contribution in [0.3, 0.4) is 0 Å². The Bertz CT molecular complexity index is 928. The van der Waals surface area contributed by atoms with E-state index in [0.717, 1.165) is 31.6 Å². The van der Waals surface area contributed by atoms with Crippen LogP contribution < -0.4 is 16.4 Å². The van der Waals surface area contributed by atoms with Crippen molar-refractivity contribution < 1.29 is 28.6 Å². The van der Waals surface area contributed by atoms with Crippen LogP contribution in [0.5, 0.6) is 0 Å². The van der Waals surface area contributed by atoms with Crippen molar-refractivity contribution in [2.75, 3.05) is 70.4 Å². The molecule has 1 aromatic rings. The highest BCUT2D eigenvalue weighted by molar-refractivity contribution is 7.97. The van der Waals surface area contributed by atoms with Crippen molar-refractivity contribution in [3.63, 3.8) is 0 Å². The summed E-state index contributed by atoms with van der Waals surface area (Å²) >= 11 is 13.4. The number of ether oxygens (including phenoxy) is 3. The third kappa shape index (κ3) is 22.1. The Hall–Kier alpha value is -2.25. The first kappa shape index (κ1) is 38.8. The number of nitrogens with zero attached hydrogens (tertiary/aromatic N) is 2. The maximum absolute atomic E-state index is 11.7. The molecule has 1 saturated heterocycles. The maximum atomic E-state index is 11.7. The van der Waals surface area contributed by atoms with Gasteiger partial charge in [-0.15, -0.1) is 0 Å². The number of hydrogen-bond acceptors (Lipinski definition) is 8. The number of carbonyl (C=O) groups is 3. The van der Waals surface area contributed by atoms with E-state index in [0.29, 0.717) is 61.6 Å². The highest BCUT2D eigenvalue weighted by atomic mass is 35.5. The number of thioether (sulfide) groups is 1. The number of carbonyl (C=O) groups excluding carboxylic acids is 3. The van der Waals surface area contributed by atoms with Gasteiger partial charge in [0.05, 0.1) is 29.9 Å². The van der Waals surface area contributed by atoms with E-state index in [-0.39, 0.29) is 12.5 Å². The van der Waals surface area contributed by atoms with E-state index in [1.165, 1.54) is 0 Å². The first-order chi connectivity index (χ1) is 19.4. The predicted molar refractivity (Wildman–Crippen MR) is 168 cm³/mol. The number of amidine groups is 1. The molecule has 0 radical (unpaired) electrons. The monoisotopic (exact) mass is 637 g/mol. The molecule has 4 N–H and O–H groups in total. The number of aliphatic imine (C=N–C) groups is 1. The predicted octanol–water partition coefficient (Wildman–Crippen LogP) is 4.45. The molecular weight excluding hydrogens is 593 g/mol. The Morgan fingerprint density at radius 2 is 1.71 bits per heavy atom. The number of rotatable bonds is 13. The standard InChI is InChI=1S/C15H28N2O5.C10H11Cl2N3O.C2H6S/c1-15(2,3)22-14(19)16-6-9-20-10-11-21-12-13(18)17-7-4-5-8-17;11-8-2-1-7(5-9(8)12)14-4-3-10(13)15-6-16;1-3-2/h4-12H2,1-3H3,(H,16,19);1-2,5-6,14H,3-4H2,(H2,13,15,16);1-2H3. The third-order valence-electron chi connectivity index (χ3n) is 4.82. The van der Waals surface area contributed by atoms with Crippen LogP contribution in [0.2, 0.25) is 10.0 Å². The maximum Gasteiger partial charge on any atom is 0.407 e. The number of amides is 3. The smallest absolute Gasteiger partial charge is 0.407 e. The largest absolute Gasteiger partial charge is 0.444 e. The summed E-state index contributed by atoms with van der Waals surface area (Å²) in [5, 5.41) is 6.68. The zero-order valence-corrected chi connectivity index (χ0v) is 27.0. The summed E-state index contributed by atoms with van der Waals surface area (Å²) in [4.78, 5) is 38.3. The lowest BCUT2D eigenvalue weighted by Crippen LogP contribution is -2.34. The highest BCUT2D eigenvalue weighted by Gasteiger charge is 2.17. The first-order valence-corrected chi connectivity index (χ1v) is 15.6. The minimum absolute atomic E-state index is 0.0455. The number of halogens is 2. The van der Waals surface area contributed by atoms with Crippen molar-refractivity contribution in [3.05, 3.63) is 28.2 Å². The molecule has 11 nitrogen and oxygen atoms in total. The van der Waals surface area contributed by atoms with E-state index in [2.05, 4.69) is 15.6 Å². The summed E-state index contributed by atoms with van der Waals surface area (Å²) in [5.74, 6) is 0.339. The topological polar surface area (TPSA) is 145 Å². The van der Waals surface area contributed by atoms with Crippen LogP contribution in [0.25, 0.3) is 0 Å². The van der Waals surface area contributed by atoms with E-state index in [1.807, 2.05) is 38.2 Å². The Balaban J connectivity index is 0.000000740. The van der Waals surface area contributed by atoms with Gasteiger partial charge in [0.25, 0.3) is 0 Å². The highest BCUT2D eigenvalue weighted by Crippen LogP contribution is 2.24. The summed E-state index contributed by atoms with van der Waals surface area (Å²) in [6.07, 6.45) is 6.70. The fourth-order valence-corrected chi connectivity index (χ4v) is 3.35. The fourth-order valence-electron chi connectivity index (χ4n) is 3.05. The molecule has 3 amide bonds. The molecule has 0 unspecified atom stereocenters. The average molecular weight is 639 g/mol. The van der Waals surface area contributed by atoms with E-state index < -0.39 is 11.7 Å². The molecule has 1 heterocycles. The first-order valence-electron chi connectivity index (χ1n) is 13.2. The van der Waals surface area contributed by atoms with Crippen molar-refractivity contribution >= 4 is 64.9 Å². The number of benzene rings is 1. The van der Waals surface area contributed by atoms with Crippen molar-refractivity contribution in [1.82, 2.24) is 10.2 Å². The van der Waals surface area contributed by atoms with Crippen LogP contribution in [0.15, 0.2) is 23.2 Å². The summed E-state index contributed by atoms with van der Waals surface area (Å²) in [7, 11) is 0. The molecule has 0 aromatic heterocycles. The van der Waals surface area contributed by atoms with Crippen molar-refractivity contribution in [1.29, 1.82) is 0 Å². The van der Waals surface area contributed by atoms with Gasteiger partial charge in [-0.2, -0.15) is 11.8 Å². The molecule has 0 bridgehead atoms. The van der Waals surface area contributed by atoms with Crippen LogP contribution >= 0.6 is 35.0 Å². The molecule has 1 aliphatic heterocycles. The van der Waals surface area contributed by atoms with Gasteiger partial charge in [-0.3, -0.25) is 9.59 Å². The van der Waals surface area contributed by atoms with Crippen LogP contribution in [0.1, 0.15) is 40.0 Å². The van der Waals surface area contributed by atoms with Gasteiger partial charge < -0.3 is 35.5 Å². The van der Waals surface area contributed by atoms with Gasteiger partial charge in [0.1, 0.15) is 18.0 Å². The van der Waals surface area contributed by atoms with Crippen molar-refractivity contribution in [2.45, 2.75) is 45.6 Å². The van der Waals surface area contributed by atoms with Crippen molar-refractivity contribution in [3.8, 4) is 0 Å². The zero-order valence-electron chi connectivity index (χ0n) is 24.7. The fraction of sp³-hybridized carbons (Fsp3) is 0.630. The summed E-state index contributed by atoms with van der Waals surface area (Å²) in [6, 6.07) is 5.23. The minimum Gasteiger partial charge on any atom is -0.444 e. The van der Waals surface area contributed by atoms with Crippen molar-refractivity contribution in [2.24, 2.45) is 10.7 Å². The molecule has 2 rings (SSSR count). The summed E-state index contributed by atoms with van der Waals surface area (Å²) in [5.41, 5.74) is 5.78. The van der Waals surface area contributed by atoms with Crippen LogP contribution in [-0.4, -0.2) is 99.9 Å². The molecule has 1 aromatic carbocycles. The van der Waals surface area contributed by atoms with Gasteiger partial charge in [-0.25, -0.2) is 9.79 Å². The lowest BCUT2D eigenvalue weighted by molar-refractivity contribution is -0.135. The number of alkyl carbamates (subject to hydrolysis) is 1. The van der Waals surface area contributed by atoms with E-state index in [1.54, 1.807) is 30.0 Å². The van der Waals surface area contributed by atoms with Gasteiger partial charge in [0.2, 0.25) is 12.3 Å². The van der Waals surface area contributed by atoms with E-state index in [9.17, 15) is 14.4 Å². The van der Waals surface area contributed by atoms with E-state index >= 15 is 0 Å². The van der Waals surface area contributed by atoms with Gasteiger partial charge in [0, 0.05) is 38.3 Å². The molecule has 0 atom stereocenters. The minimum atomic E-state index is -0.499. The number of anilines is 1. The quantitative estimate of drug-likeness (QED) is 0.124. The Kier molecular flexibility index (Phi) is 22.0. The van der Waals surface area contributed by atoms with Crippen LogP contribution in [0.4, 0.5) is 10.5 Å². The zero-order chi connectivity index (χ0) is 31.1. The SMILES string of the molecule is CC(C)(C)OC(=O)NCCOCCOCC(=O)N1CCCC1.CSC.NC(CCNc1ccc(Cl)c(Cl)c1)=NC=O.